The van der Waals surface area contributed by atoms with Gasteiger partial charge in [-0.05, 0) is 129 Å². The molecule has 6 heteroatoms. The quantitative estimate of drug-likeness (QED) is 0.168. The highest BCUT2D eigenvalue weighted by molar-refractivity contribution is 6.11. The first-order valence-electron chi connectivity index (χ1n) is 21.1. The van der Waals surface area contributed by atoms with E-state index in [1.54, 1.807) is 0 Å². The summed E-state index contributed by atoms with van der Waals surface area (Å²) in [5.41, 5.74) is 19.7. The largest absolute Gasteiger partial charge is 0.314 e. The van der Waals surface area contributed by atoms with E-state index in [0.29, 0.717) is 0 Å². The summed E-state index contributed by atoms with van der Waals surface area (Å²) >= 11 is 0. The number of fused-ring (bicyclic) bond motifs is 8. The number of aromatic nitrogens is 6. The first kappa shape index (κ1) is 35.3. The molecule has 0 saturated heterocycles. The molecule has 12 rings (SSSR count). The van der Waals surface area contributed by atoms with Crippen molar-refractivity contribution in [1.29, 1.82) is 0 Å². The molecular formula is C55H42N6. The summed E-state index contributed by atoms with van der Waals surface area (Å²) in [6.07, 6.45) is 16.5. The lowest BCUT2D eigenvalue weighted by Crippen LogP contribution is -2.04. The maximum absolute atomic E-state index is 4.77. The number of para-hydroxylation sites is 3. The van der Waals surface area contributed by atoms with Crippen LogP contribution >= 0.6 is 0 Å². The van der Waals surface area contributed by atoms with Crippen LogP contribution in [-0.4, -0.2) is 28.2 Å². The SMILES string of the molecule is C=Cc1c(C)c2cc(-n3c(C)c(C)c4ccccc43)ccc2n1-c1cnccc1-c1ccncc1-n1c2ccccc2c2cc(-n3c4c(c5ccccc53)CCC=C4)ccc21. The lowest BCUT2D eigenvalue weighted by Gasteiger charge is -2.18. The van der Waals surface area contributed by atoms with Crippen LogP contribution in [0.3, 0.4) is 0 Å². The van der Waals surface area contributed by atoms with Crippen LogP contribution in [0.25, 0.3) is 101 Å². The van der Waals surface area contributed by atoms with E-state index in [1.807, 2.05) is 30.9 Å². The summed E-state index contributed by atoms with van der Waals surface area (Å²) in [4.78, 5) is 9.51. The predicted molar refractivity (Wildman–Crippen MR) is 254 cm³/mol. The van der Waals surface area contributed by atoms with Crippen molar-refractivity contribution in [3.8, 4) is 33.9 Å². The molecule has 6 nitrogen and oxygen atoms in total. The average Bonchev–Trinajstić information content (AvgIpc) is 4.00. The van der Waals surface area contributed by atoms with E-state index in [9.17, 15) is 0 Å². The second-order valence-corrected chi connectivity index (χ2v) is 16.3. The zero-order valence-corrected chi connectivity index (χ0v) is 34.4. The van der Waals surface area contributed by atoms with Crippen molar-refractivity contribution < 1.29 is 0 Å². The van der Waals surface area contributed by atoms with Gasteiger partial charge >= 0.3 is 0 Å². The van der Waals surface area contributed by atoms with Gasteiger partial charge in [-0.1, -0.05) is 67.3 Å². The molecule has 5 aromatic carbocycles. The van der Waals surface area contributed by atoms with Gasteiger partial charge in [0.25, 0.3) is 0 Å². The van der Waals surface area contributed by atoms with Crippen molar-refractivity contribution >= 4 is 66.7 Å². The number of hydrogen-bond donors (Lipinski definition) is 0. The van der Waals surface area contributed by atoms with Gasteiger partial charge in [0.1, 0.15) is 0 Å². The Morgan fingerprint density at radius 2 is 1.08 bits per heavy atom. The zero-order valence-electron chi connectivity index (χ0n) is 34.4. The Morgan fingerprint density at radius 1 is 0.525 bits per heavy atom. The number of nitrogens with zero attached hydrogens (tertiary/aromatic N) is 6. The predicted octanol–water partition coefficient (Wildman–Crippen LogP) is 13.6. The number of benzene rings is 5. The fourth-order valence-corrected chi connectivity index (χ4v) is 10.4. The van der Waals surface area contributed by atoms with E-state index in [-0.39, 0.29) is 0 Å². The van der Waals surface area contributed by atoms with Gasteiger partial charge in [-0.15, -0.1) is 0 Å². The molecule has 61 heavy (non-hydrogen) atoms. The first-order chi connectivity index (χ1) is 30.0. The molecule has 0 unspecified atom stereocenters. The molecule has 1 aliphatic rings. The molecule has 0 spiro atoms. The third kappa shape index (κ3) is 5.02. The Kier molecular flexibility index (Phi) is 7.75. The minimum atomic E-state index is 0.981. The molecule has 11 aromatic rings. The molecule has 0 bridgehead atoms. The minimum absolute atomic E-state index is 0.981. The van der Waals surface area contributed by atoms with Crippen LogP contribution in [-0.2, 0) is 6.42 Å². The van der Waals surface area contributed by atoms with Gasteiger partial charge in [0.05, 0.1) is 51.4 Å². The molecular weight excluding hydrogens is 745 g/mol. The zero-order chi connectivity index (χ0) is 40.9. The molecule has 0 saturated carbocycles. The fraction of sp³-hybridized carbons (Fsp3) is 0.0909. The van der Waals surface area contributed by atoms with Gasteiger partial charge < -0.3 is 18.3 Å². The number of rotatable bonds is 6. The number of hydrogen-bond acceptors (Lipinski definition) is 2. The molecule has 0 radical (unpaired) electrons. The monoisotopic (exact) mass is 786 g/mol. The van der Waals surface area contributed by atoms with Crippen molar-refractivity contribution in [2.24, 2.45) is 0 Å². The van der Waals surface area contributed by atoms with Gasteiger partial charge in [-0.25, -0.2) is 0 Å². The van der Waals surface area contributed by atoms with Crippen molar-refractivity contribution in [2.75, 3.05) is 0 Å². The van der Waals surface area contributed by atoms with Crippen LogP contribution in [0.1, 0.15) is 40.2 Å². The Labute approximate surface area is 353 Å². The van der Waals surface area contributed by atoms with E-state index in [2.05, 4.69) is 179 Å². The molecule has 0 amide bonds. The van der Waals surface area contributed by atoms with E-state index < -0.39 is 0 Å². The summed E-state index contributed by atoms with van der Waals surface area (Å²) in [6.45, 7) is 11.0. The third-order valence-corrected chi connectivity index (χ3v) is 13.3. The summed E-state index contributed by atoms with van der Waals surface area (Å²) in [5, 5.41) is 6.19. The van der Waals surface area contributed by atoms with Crippen LogP contribution in [0.4, 0.5) is 0 Å². The highest BCUT2D eigenvalue weighted by atomic mass is 15.0. The Hall–Kier alpha value is -7.70. The normalized spacial score (nSPS) is 12.7. The summed E-state index contributed by atoms with van der Waals surface area (Å²) < 4.78 is 9.54. The Bertz CT molecular complexity index is 3660. The smallest absolute Gasteiger partial charge is 0.0724 e. The van der Waals surface area contributed by atoms with Crippen LogP contribution < -0.4 is 0 Å². The average molecular weight is 787 g/mol. The number of pyridine rings is 2. The molecule has 0 fully saturated rings. The van der Waals surface area contributed by atoms with Crippen molar-refractivity contribution in [2.45, 2.75) is 33.6 Å². The Morgan fingerprint density at radius 3 is 1.79 bits per heavy atom. The third-order valence-electron chi connectivity index (χ3n) is 13.3. The molecule has 0 N–H and O–H groups in total. The second-order valence-electron chi connectivity index (χ2n) is 16.3. The standard InChI is InChI=1S/C55H42N6/c1-5-47-35(3)45-30-37(58-36(4)34(2)39-14-6-10-18-48(39)58)22-24-52(45)60(47)54-32-56-28-26-43(54)44-27-29-57-33-55(44)61-51-21-13-9-17-42(51)46-31-38(23-25-53(46)61)59-49-19-11-7-15-40(49)41-16-8-12-20-50(41)59/h5-7,9-15,17-33H,1,8,16H2,2-4H3. The number of allylic oxidation sites excluding steroid dienone is 1. The van der Waals surface area contributed by atoms with E-state index in [1.165, 1.54) is 66.0 Å². The van der Waals surface area contributed by atoms with Crippen LogP contribution in [0.2, 0.25) is 0 Å². The van der Waals surface area contributed by atoms with Gasteiger partial charge in [-0.2, -0.15) is 0 Å². The molecule has 0 atom stereocenters. The summed E-state index contributed by atoms with van der Waals surface area (Å²) in [7, 11) is 0. The summed E-state index contributed by atoms with van der Waals surface area (Å²) in [5.74, 6) is 0. The molecule has 6 aromatic heterocycles. The minimum Gasteiger partial charge on any atom is -0.314 e. The number of aryl methyl sites for hydroxylation is 3. The molecule has 1 aliphatic carbocycles. The molecule has 6 heterocycles. The van der Waals surface area contributed by atoms with Crippen molar-refractivity contribution in [3.05, 3.63) is 193 Å². The van der Waals surface area contributed by atoms with E-state index in [0.717, 1.165) is 69.0 Å². The van der Waals surface area contributed by atoms with Crippen LogP contribution in [0.5, 0.6) is 0 Å². The maximum Gasteiger partial charge on any atom is 0.0724 e. The summed E-state index contributed by atoms with van der Waals surface area (Å²) in [6, 6.07) is 44.3. The highest BCUT2D eigenvalue weighted by Gasteiger charge is 2.24. The van der Waals surface area contributed by atoms with Crippen LogP contribution in [0, 0.1) is 20.8 Å². The second kappa shape index (κ2) is 13.4. The van der Waals surface area contributed by atoms with E-state index in [4.69, 9.17) is 9.97 Å². The van der Waals surface area contributed by atoms with Gasteiger partial charge in [0, 0.05) is 78.9 Å². The lowest BCUT2D eigenvalue weighted by atomic mass is 10.0. The van der Waals surface area contributed by atoms with Crippen molar-refractivity contribution in [1.82, 2.24) is 28.2 Å². The molecule has 292 valence electrons. The Balaban J connectivity index is 1.05. The lowest BCUT2D eigenvalue weighted by molar-refractivity contribution is 0.968. The van der Waals surface area contributed by atoms with Gasteiger partial charge in [0.2, 0.25) is 0 Å². The highest BCUT2D eigenvalue weighted by Crippen LogP contribution is 2.42. The van der Waals surface area contributed by atoms with Gasteiger partial charge in [0.15, 0.2) is 0 Å². The van der Waals surface area contributed by atoms with Gasteiger partial charge in [-0.3, -0.25) is 9.97 Å². The molecule has 0 aliphatic heterocycles. The van der Waals surface area contributed by atoms with Crippen molar-refractivity contribution in [3.63, 3.8) is 0 Å². The first-order valence-corrected chi connectivity index (χ1v) is 21.1. The fourth-order valence-electron chi connectivity index (χ4n) is 10.4. The maximum atomic E-state index is 4.77. The van der Waals surface area contributed by atoms with E-state index >= 15 is 0 Å². The topological polar surface area (TPSA) is 45.5 Å². The van der Waals surface area contributed by atoms with Crippen LogP contribution in [0.15, 0.2) is 159 Å².